The van der Waals surface area contributed by atoms with Gasteiger partial charge in [-0.25, -0.2) is 4.98 Å². The van der Waals surface area contributed by atoms with Crippen LogP contribution in [0.25, 0.3) is 55.7 Å². The number of hydrogen-bond acceptors (Lipinski definition) is 4. The van der Waals surface area contributed by atoms with E-state index in [-0.39, 0.29) is 20.1 Å². The first-order valence-corrected chi connectivity index (χ1v) is 15.8. The molecule has 0 spiro atoms. The number of aromatic nitrogens is 3. The summed E-state index contributed by atoms with van der Waals surface area (Å²) in [5, 5.41) is 2.06. The quantitative estimate of drug-likeness (QED) is 0.157. The van der Waals surface area contributed by atoms with Crippen LogP contribution in [0.1, 0.15) is 22.4 Å². The van der Waals surface area contributed by atoms with Crippen LogP contribution in [0.15, 0.2) is 144 Å². The minimum absolute atomic E-state index is 0. The Morgan fingerprint density at radius 2 is 1.42 bits per heavy atom. The van der Waals surface area contributed by atoms with Crippen LogP contribution < -0.4 is 0 Å². The van der Waals surface area contributed by atoms with Crippen molar-refractivity contribution in [3.8, 4) is 33.6 Å². The Morgan fingerprint density at radius 1 is 0.646 bits per heavy atom. The molecule has 8 rings (SSSR count). The summed E-state index contributed by atoms with van der Waals surface area (Å²) in [5.74, 6) is 0. The zero-order valence-electron chi connectivity index (χ0n) is 26.8. The van der Waals surface area contributed by atoms with Gasteiger partial charge in [0, 0.05) is 49.1 Å². The van der Waals surface area contributed by atoms with E-state index in [1.165, 1.54) is 16.7 Å². The normalized spacial score (nSPS) is 10.7. The third kappa shape index (κ3) is 7.34. The Morgan fingerprint density at radius 3 is 2.15 bits per heavy atom. The Hall–Kier alpha value is -5.22. The van der Waals surface area contributed by atoms with Crippen molar-refractivity contribution < 1.29 is 24.5 Å². The summed E-state index contributed by atoms with van der Waals surface area (Å²) in [6.07, 6.45) is 5.64. The fourth-order valence-electron chi connectivity index (χ4n) is 5.70. The molecule has 0 atom stereocenters. The van der Waals surface area contributed by atoms with E-state index in [0.29, 0.717) is 5.71 Å². The summed E-state index contributed by atoms with van der Waals surface area (Å²) in [7, 11) is 0. The zero-order valence-corrected chi connectivity index (χ0v) is 29.2. The molecule has 4 aromatic heterocycles. The van der Waals surface area contributed by atoms with Crippen molar-refractivity contribution in [1.82, 2.24) is 15.0 Å². The standard InChI is InChI=1S/C31H23N2O.C12H10N.Ir/c1-21-19-29(32-20-28(21)23-11-6-3-7-12-23)27-14-8-13-25-26-18-17-24(33-31(26)34-30(25)27)16-15-22-9-4-2-5-10-22;1-10-7-8-12(13-9-10)11-5-3-2-4-6-11;/h2-13,17-20H,15-16H2,1H3;2-5,7-9H,1H3;/q2*-1;. The molecule has 1 radical (unpaired) electrons. The van der Waals surface area contributed by atoms with Crippen LogP contribution in [0.5, 0.6) is 0 Å². The van der Waals surface area contributed by atoms with Crippen LogP contribution in [-0.4, -0.2) is 15.0 Å². The Balaban J connectivity index is 0.000000241. The van der Waals surface area contributed by atoms with Gasteiger partial charge in [0.15, 0.2) is 0 Å². The van der Waals surface area contributed by atoms with Crippen LogP contribution in [0.2, 0.25) is 0 Å². The van der Waals surface area contributed by atoms with E-state index in [0.717, 1.165) is 68.5 Å². The van der Waals surface area contributed by atoms with Gasteiger partial charge in [-0.3, -0.25) is 0 Å². The number of rotatable bonds is 6. The second-order valence-corrected chi connectivity index (χ2v) is 11.6. The minimum atomic E-state index is 0. The average Bonchev–Trinajstić information content (AvgIpc) is 3.51. The summed E-state index contributed by atoms with van der Waals surface area (Å²) in [6, 6.07) is 49.6. The molecule has 0 saturated heterocycles. The summed E-state index contributed by atoms with van der Waals surface area (Å²) in [4.78, 5) is 13.9. The summed E-state index contributed by atoms with van der Waals surface area (Å²) < 4.78 is 6.30. The molecule has 0 N–H and O–H groups in total. The van der Waals surface area contributed by atoms with Crippen molar-refractivity contribution in [2.45, 2.75) is 26.7 Å². The number of aryl methyl sites for hydroxylation is 4. The SMILES string of the molecule is Cc1cc(-c2[c-]ccc3c2oc2nc(CCc4ccccc4)ccc23)ncc1-c1ccccc1.Cc1ccc(-c2[c-]cccc2)nc1.[Ir]. The maximum atomic E-state index is 6.30. The number of hydrogen-bond donors (Lipinski definition) is 0. The topological polar surface area (TPSA) is 51.8 Å². The fourth-order valence-corrected chi connectivity index (χ4v) is 5.70. The van der Waals surface area contributed by atoms with Gasteiger partial charge in [-0.1, -0.05) is 89.8 Å². The number of pyridine rings is 3. The third-order valence-corrected chi connectivity index (χ3v) is 8.22. The van der Waals surface area contributed by atoms with Gasteiger partial charge in [0.2, 0.25) is 5.71 Å². The van der Waals surface area contributed by atoms with Crippen molar-refractivity contribution in [2.75, 3.05) is 0 Å². The van der Waals surface area contributed by atoms with Crippen molar-refractivity contribution in [3.63, 3.8) is 0 Å². The van der Waals surface area contributed by atoms with Gasteiger partial charge in [-0.15, -0.1) is 54.1 Å². The molecule has 0 amide bonds. The molecule has 0 unspecified atom stereocenters. The summed E-state index contributed by atoms with van der Waals surface area (Å²) in [5.41, 5.74) is 12.2. The molecule has 0 saturated carbocycles. The molecule has 4 heterocycles. The number of nitrogens with zero attached hydrogens (tertiary/aromatic N) is 3. The monoisotopic (exact) mass is 800 g/mol. The first-order valence-electron chi connectivity index (χ1n) is 15.8. The molecule has 4 nitrogen and oxygen atoms in total. The predicted octanol–water partition coefficient (Wildman–Crippen LogP) is 10.5. The molecule has 0 fully saturated rings. The van der Waals surface area contributed by atoms with Crippen molar-refractivity contribution in [2.24, 2.45) is 0 Å². The molecule has 0 bridgehead atoms. The molecule has 0 aliphatic heterocycles. The zero-order chi connectivity index (χ0) is 32.0. The van der Waals surface area contributed by atoms with Crippen LogP contribution in [0, 0.1) is 26.0 Å². The van der Waals surface area contributed by atoms with E-state index in [4.69, 9.17) is 14.4 Å². The van der Waals surface area contributed by atoms with Gasteiger partial charge in [-0.2, -0.15) is 0 Å². The molecule has 237 valence electrons. The van der Waals surface area contributed by atoms with Crippen molar-refractivity contribution in [3.05, 3.63) is 174 Å². The van der Waals surface area contributed by atoms with Gasteiger partial charge >= 0.3 is 0 Å². The molecule has 0 aliphatic rings. The van der Waals surface area contributed by atoms with Crippen molar-refractivity contribution in [1.29, 1.82) is 0 Å². The Labute approximate surface area is 294 Å². The van der Waals surface area contributed by atoms with Crippen molar-refractivity contribution >= 4 is 22.1 Å². The van der Waals surface area contributed by atoms with Gasteiger partial charge < -0.3 is 14.4 Å². The second-order valence-electron chi connectivity index (χ2n) is 11.6. The molecule has 48 heavy (non-hydrogen) atoms. The number of fused-ring (bicyclic) bond motifs is 3. The van der Waals surface area contributed by atoms with Crippen LogP contribution in [0.3, 0.4) is 0 Å². The van der Waals surface area contributed by atoms with E-state index in [1.54, 1.807) is 0 Å². The van der Waals surface area contributed by atoms with E-state index in [2.05, 4.69) is 84.7 Å². The summed E-state index contributed by atoms with van der Waals surface area (Å²) in [6.45, 7) is 4.15. The van der Waals surface area contributed by atoms with Gasteiger partial charge in [0.1, 0.15) is 0 Å². The summed E-state index contributed by atoms with van der Waals surface area (Å²) >= 11 is 0. The van der Waals surface area contributed by atoms with Crippen LogP contribution in [0.4, 0.5) is 0 Å². The molecule has 5 heteroatoms. The van der Waals surface area contributed by atoms with Gasteiger partial charge in [0.25, 0.3) is 0 Å². The second kappa shape index (κ2) is 15.1. The molecular formula is C43H33IrN3O-2. The van der Waals surface area contributed by atoms with Crippen LogP contribution >= 0.6 is 0 Å². The maximum Gasteiger partial charge on any atom is 0.216 e. The maximum absolute atomic E-state index is 6.30. The Bertz CT molecular complexity index is 2250. The van der Waals surface area contributed by atoms with E-state index < -0.39 is 0 Å². The van der Waals surface area contributed by atoms with E-state index in [9.17, 15) is 0 Å². The minimum Gasteiger partial charge on any atom is -0.486 e. The largest absolute Gasteiger partial charge is 0.486 e. The smallest absolute Gasteiger partial charge is 0.216 e. The molecular weight excluding hydrogens is 767 g/mol. The predicted molar refractivity (Wildman–Crippen MR) is 191 cm³/mol. The van der Waals surface area contributed by atoms with E-state index >= 15 is 0 Å². The molecule has 4 aromatic carbocycles. The number of furan rings is 1. The van der Waals surface area contributed by atoms with Gasteiger partial charge in [0.05, 0.1) is 5.58 Å². The fraction of sp³-hybridized carbons (Fsp3) is 0.0930. The van der Waals surface area contributed by atoms with Crippen LogP contribution in [-0.2, 0) is 32.9 Å². The Kier molecular flexibility index (Phi) is 10.3. The first kappa shape index (κ1) is 32.7. The first-order chi connectivity index (χ1) is 23.1. The molecule has 0 aliphatic carbocycles. The van der Waals surface area contributed by atoms with E-state index in [1.807, 2.05) is 86.0 Å². The third-order valence-electron chi connectivity index (χ3n) is 8.22. The number of benzene rings is 4. The molecule has 8 aromatic rings. The van der Waals surface area contributed by atoms with Gasteiger partial charge in [-0.05, 0) is 72.5 Å². The average molecular weight is 800 g/mol.